The lowest BCUT2D eigenvalue weighted by Crippen LogP contribution is -2.49. The fourth-order valence-corrected chi connectivity index (χ4v) is 4.68. The van der Waals surface area contributed by atoms with Gasteiger partial charge < -0.3 is 15.5 Å². The molecule has 2 aliphatic rings. The molecular formula is C21H28N4S. The summed E-state index contributed by atoms with van der Waals surface area (Å²) in [6, 6.07) is 15.7. The summed E-state index contributed by atoms with van der Waals surface area (Å²) < 4.78 is 0. The number of thiophene rings is 1. The normalized spacial score (nSPS) is 23.7. The molecule has 1 saturated carbocycles. The van der Waals surface area contributed by atoms with Gasteiger partial charge >= 0.3 is 0 Å². The molecule has 1 aliphatic carbocycles. The van der Waals surface area contributed by atoms with Crippen molar-refractivity contribution in [3.05, 3.63) is 53.4 Å². The molecule has 2 aromatic rings. The zero-order valence-electron chi connectivity index (χ0n) is 15.4. The Bertz CT molecular complexity index is 705. The average molecular weight is 369 g/mol. The zero-order chi connectivity index (χ0) is 17.8. The van der Waals surface area contributed by atoms with Crippen molar-refractivity contribution in [2.75, 3.05) is 31.6 Å². The van der Waals surface area contributed by atoms with Gasteiger partial charge in [0.2, 0.25) is 0 Å². The molecule has 0 radical (unpaired) electrons. The monoisotopic (exact) mass is 368 g/mol. The highest BCUT2D eigenvalue weighted by atomic mass is 32.1. The van der Waals surface area contributed by atoms with Crippen LogP contribution in [-0.2, 0) is 0 Å². The summed E-state index contributed by atoms with van der Waals surface area (Å²) in [6.45, 7) is 3.25. The van der Waals surface area contributed by atoms with Crippen LogP contribution in [0, 0.1) is 5.92 Å². The lowest BCUT2D eigenvalue weighted by molar-refractivity contribution is 0.462. The van der Waals surface area contributed by atoms with Crippen LogP contribution in [0.1, 0.15) is 30.7 Å². The van der Waals surface area contributed by atoms with Crippen molar-refractivity contribution < 1.29 is 0 Å². The second-order valence-electron chi connectivity index (χ2n) is 7.32. The van der Waals surface area contributed by atoms with E-state index >= 15 is 0 Å². The van der Waals surface area contributed by atoms with Crippen molar-refractivity contribution in [3.8, 4) is 0 Å². The Morgan fingerprint density at radius 3 is 2.65 bits per heavy atom. The third kappa shape index (κ3) is 4.21. The van der Waals surface area contributed by atoms with Crippen molar-refractivity contribution in [2.45, 2.75) is 31.2 Å². The standard InChI is InChI=1S/C21H28N4S/c1-22-21(23-15-17-14-19(17)16-6-3-2-4-7-16)24-18-9-11-25(12-10-18)20-8-5-13-26-20/h2-8,13,17-19H,9-12,14-15H2,1H3,(H2,22,23,24). The van der Waals surface area contributed by atoms with Crippen molar-refractivity contribution in [3.63, 3.8) is 0 Å². The van der Waals surface area contributed by atoms with E-state index in [9.17, 15) is 0 Å². The molecule has 2 fully saturated rings. The van der Waals surface area contributed by atoms with Crippen molar-refractivity contribution >= 4 is 22.3 Å². The lowest BCUT2D eigenvalue weighted by Gasteiger charge is -2.33. The molecule has 26 heavy (non-hydrogen) atoms. The van der Waals surface area contributed by atoms with E-state index in [2.05, 4.69) is 68.4 Å². The molecule has 138 valence electrons. The SMILES string of the molecule is CN=C(NCC1CC1c1ccccc1)NC1CCN(c2cccs2)CC1. The van der Waals surface area contributed by atoms with Crippen LogP contribution in [0.25, 0.3) is 0 Å². The number of guanidine groups is 1. The number of hydrogen-bond donors (Lipinski definition) is 2. The van der Waals surface area contributed by atoms with Crippen LogP contribution >= 0.6 is 11.3 Å². The first kappa shape index (κ1) is 17.4. The number of benzene rings is 1. The number of piperidine rings is 1. The first-order valence-electron chi connectivity index (χ1n) is 9.64. The number of nitrogens with one attached hydrogen (secondary N) is 2. The molecule has 4 rings (SSSR count). The predicted octanol–water partition coefficient (Wildman–Crippen LogP) is 3.69. The molecule has 2 N–H and O–H groups in total. The smallest absolute Gasteiger partial charge is 0.191 e. The second-order valence-corrected chi connectivity index (χ2v) is 8.25. The van der Waals surface area contributed by atoms with E-state index in [1.807, 2.05) is 18.4 Å². The zero-order valence-corrected chi connectivity index (χ0v) is 16.2. The Morgan fingerprint density at radius 2 is 1.96 bits per heavy atom. The Morgan fingerprint density at radius 1 is 1.15 bits per heavy atom. The van der Waals surface area contributed by atoms with Gasteiger partial charge in [-0.25, -0.2) is 0 Å². The summed E-state index contributed by atoms with van der Waals surface area (Å²) in [6.07, 6.45) is 3.61. The molecule has 2 atom stereocenters. The first-order chi connectivity index (χ1) is 12.8. The quantitative estimate of drug-likeness (QED) is 0.625. The van der Waals surface area contributed by atoms with E-state index in [0.29, 0.717) is 6.04 Å². The highest BCUT2D eigenvalue weighted by molar-refractivity contribution is 7.14. The third-order valence-electron chi connectivity index (χ3n) is 5.56. The number of rotatable bonds is 5. The van der Waals surface area contributed by atoms with Crippen LogP contribution in [0.5, 0.6) is 0 Å². The largest absolute Gasteiger partial charge is 0.363 e. The molecular weight excluding hydrogens is 340 g/mol. The average Bonchev–Trinajstić information content (AvgIpc) is 3.27. The minimum Gasteiger partial charge on any atom is -0.363 e. The molecule has 2 heterocycles. The molecule has 2 unspecified atom stereocenters. The van der Waals surface area contributed by atoms with Gasteiger partial charge in [0.25, 0.3) is 0 Å². The molecule has 5 heteroatoms. The topological polar surface area (TPSA) is 39.7 Å². The molecule has 1 saturated heterocycles. The highest BCUT2D eigenvalue weighted by Gasteiger charge is 2.37. The van der Waals surface area contributed by atoms with E-state index in [1.54, 1.807) is 0 Å². The lowest BCUT2D eigenvalue weighted by atomic mass is 10.1. The van der Waals surface area contributed by atoms with E-state index in [4.69, 9.17) is 0 Å². The summed E-state index contributed by atoms with van der Waals surface area (Å²) in [4.78, 5) is 6.93. The molecule has 0 spiro atoms. The van der Waals surface area contributed by atoms with E-state index < -0.39 is 0 Å². The maximum atomic E-state index is 4.43. The number of aliphatic imine (C=N–C) groups is 1. The number of hydrogen-bond acceptors (Lipinski definition) is 3. The maximum Gasteiger partial charge on any atom is 0.191 e. The maximum absolute atomic E-state index is 4.43. The van der Waals surface area contributed by atoms with Crippen LogP contribution in [0.4, 0.5) is 5.00 Å². The molecule has 1 aromatic heterocycles. The summed E-state index contributed by atoms with van der Waals surface area (Å²) in [5.41, 5.74) is 1.48. The number of nitrogens with zero attached hydrogens (tertiary/aromatic N) is 2. The highest BCUT2D eigenvalue weighted by Crippen LogP contribution is 2.46. The van der Waals surface area contributed by atoms with Crippen molar-refractivity contribution in [2.24, 2.45) is 10.9 Å². The van der Waals surface area contributed by atoms with Crippen LogP contribution in [0.15, 0.2) is 52.8 Å². The minimum absolute atomic E-state index is 0.515. The van der Waals surface area contributed by atoms with Crippen LogP contribution in [0.2, 0.25) is 0 Å². The molecule has 0 bridgehead atoms. The van der Waals surface area contributed by atoms with Crippen LogP contribution in [0.3, 0.4) is 0 Å². The van der Waals surface area contributed by atoms with Crippen molar-refractivity contribution in [1.29, 1.82) is 0 Å². The van der Waals surface area contributed by atoms with Gasteiger partial charge in [0, 0.05) is 32.7 Å². The fourth-order valence-electron chi connectivity index (χ4n) is 3.89. The van der Waals surface area contributed by atoms with E-state index in [-0.39, 0.29) is 0 Å². The summed E-state index contributed by atoms with van der Waals surface area (Å²) in [5.74, 6) is 2.41. The molecule has 0 amide bonds. The van der Waals surface area contributed by atoms with Gasteiger partial charge in [-0.2, -0.15) is 0 Å². The summed E-state index contributed by atoms with van der Waals surface area (Å²) in [7, 11) is 1.87. The summed E-state index contributed by atoms with van der Waals surface area (Å²) in [5, 5.41) is 10.7. The van der Waals surface area contributed by atoms with E-state index in [0.717, 1.165) is 50.3 Å². The van der Waals surface area contributed by atoms with Crippen molar-refractivity contribution in [1.82, 2.24) is 10.6 Å². The minimum atomic E-state index is 0.515. The Hall–Kier alpha value is -2.01. The molecule has 1 aliphatic heterocycles. The second kappa shape index (κ2) is 8.12. The Labute approximate surface area is 160 Å². The fraction of sp³-hybridized carbons (Fsp3) is 0.476. The molecule has 1 aromatic carbocycles. The molecule has 4 nitrogen and oxygen atoms in total. The Kier molecular flexibility index (Phi) is 5.44. The van der Waals surface area contributed by atoms with Gasteiger partial charge in [-0.3, -0.25) is 4.99 Å². The first-order valence-corrected chi connectivity index (χ1v) is 10.5. The van der Waals surface area contributed by atoms with Gasteiger partial charge in [-0.05, 0) is 54.2 Å². The van der Waals surface area contributed by atoms with Gasteiger partial charge in [-0.1, -0.05) is 30.3 Å². The van der Waals surface area contributed by atoms with Gasteiger partial charge in [-0.15, -0.1) is 11.3 Å². The van der Waals surface area contributed by atoms with E-state index in [1.165, 1.54) is 17.0 Å². The Balaban J connectivity index is 1.20. The van der Waals surface area contributed by atoms with Gasteiger partial charge in [0.1, 0.15) is 0 Å². The third-order valence-corrected chi connectivity index (χ3v) is 6.49. The van der Waals surface area contributed by atoms with Gasteiger partial charge in [0.15, 0.2) is 5.96 Å². The van der Waals surface area contributed by atoms with Crippen LogP contribution < -0.4 is 15.5 Å². The number of anilines is 1. The predicted molar refractivity (Wildman–Crippen MR) is 111 cm³/mol. The van der Waals surface area contributed by atoms with Gasteiger partial charge in [0.05, 0.1) is 5.00 Å². The summed E-state index contributed by atoms with van der Waals surface area (Å²) >= 11 is 1.84. The van der Waals surface area contributed by atoms with Crippen LogP contribution in [-0.4, -0.2) is 38.7 Å².